The molecular weight excluding hydrogens is 901 g/mol. The van der Waals surface area contributed by atoms with Gasteiger partial charge in [0.25, 0.3) is 0 Å². The van der Waals surface area contributed by atoms with Gasteiger partial charge in [0, 0.05) is 6.42 Å². The number of hydrogen-bond donors (Lipinski definition) is 3. The molecule has 9 nitrogen and oxygen atoms in total. The topological polar surface area (TPSA) is 140 Å². The summed E-state index contributed by atoms with van der Waals surface area (Å²) in [5.41, 5.74) is 0.285. The van der Waals surface area contributed by atoms with E-state index in [1.54, 1.807) is 24.3 Å². The van der Waals surface area contributed by atoms with Gasteiger partial charge in [-0.25, -0.2) is 0 Å². The fraction of sp³-hybridized carbons (Fsp3) is 0.762. The van der Waals surface area contributed by atoms with Crippen LogP contribution in [0.3, 0.4) is 0 Å². The maximum absolute atomic E-state index is 12.4. The average molecular weight is 1010 g/mol. The molecule has 0 amide bonds. The van der Waals surface area contributed by atoms with E-state index >= 15 is 0 Å². The second kappa shape index (κ2) is 26.8. The lowest BCUT2D eigenvalue weighted by Gasteiger charge is -2.59. The number of benzene rings is 2. The van der Waals surface area contributed by atoms with E-state index in [1.807, 2.05) is 86.6 Å². The first-order valence-corrected chi connectivity index (χ1v) is 28.5. The predicted molar refractivity (Wildman–Crippen MR) is 294 cm³/mol. The van der Waals surface area contributed by atoms with Crippen LogP contribution in [-0.2, 0) is 28.6 Å². The number of carbonyl (C=O) groups is 3. The summed E-state index contributed by atoms with van der Waals surface area (Å²) in [4.78, 5) is 36.5. The molecule has 0 aromatic heterocycles. The van der Waals surface area contributed by atoms with Gasteiger partial charge in [-0.05, 0) is 229 Å². The molecule has 0 radical (unpaired) electrons. The van der Waals surface area contributed by atoms with E-state index in [9.17, 15) is 19.5 Å². The molecule has 6 saturated carbocycles. The highest BCUT2D eigenvalue weighted by Gasteiger charge is 2.59. The standard InChI is InChI=1S/C16H26O3.C14H26O2.C13H24O2.2C10H14O/c1-4-14(2,3)13(17)19-16-8-11-5-12(9-16)7-15(18,6-11)10-16;1-6-13(4,5)12(15)16-14(11(2)3)9-7-8-10-14;1-5-12(3,4)11(14)15-13(6-2)9-7-8-10-13;2*1-3-8(2)9-4-6-10(11)7-5-9/h11-12,18H,4-10H2,1-3H3;11H,6-10H2,1-5H3;5-10H2,1-4H3;2*4-8,11H,3H2,1-2H3. The summed E-state index contributed by atoms with van der Waals surface area (Å²) in [6.07, 6.45) is 20.3. The van der Waals surface area contributed by atoms with Gasteiger partial charge in [0.15, 0.2) is 0 Å². The van der Waals surface area contributed by atoms with Crippen LogP contribution in [0.4, 0.5) is 0 Å². The van der Waals surface area contributed by atoms with Gasteiger partial charge in [0.05, 0.1) is 21.8 Å². The Kier molecular flexibility index (Phi) is 23.3. The van der Waals surface area contributed by atoms with Crippen LogP contribution in [0.1, 0.15) is 262 Å². The lowest BCUT2D eigenvalue weighted by Crippen LogP contribution is -2.61. The third-order valence-corrected chi connectivity index (χ3v) is 18.0. The van der Waals surface area contributed by atoms with E-state index in [0.29, 0.717) is 47.5 Å². The monoisotopic (exact) mass is 1000 g/mol. The largest absolute Gasteiger partial charge is 0.508 e. The first-order valence-electron chi connectivity index (χ1n) is 28.5. The summed E-state index contributed by atoms with van der Waals surface area (Å²) < 4.78 is 17.6. The number of hydrogen-bond acceptors (Lipinski definition) is 9. The van der Waals surface area contributed by atoms with Crippen molar-refractivity contribution >= 4 is 17.9 Å². The Labute approximate surface area is 438 Å². The molecular formula is C63H104O9. The van der Waals surface area contributed by atoms with Crippen LogP contribution in [0.5, 0.6) is 11.5 Å². The molecule has 2 aromatic carbocycles. The Morgan fingerprint density at radius 1 is 0.556 bits per heavy atom. The zero-order valence-electron chi connectivity index (χ0n) is 48.4. The van der Waals surface area contributed by atoms with E-state index in [0.717, 1.165) is 89.9 Å². The summed E-state index contributed by atoms with van der Waals surface area (Å²) >= 11 is 0. The Morgan fingerprint density at radius 2 is 0.917 bits per heavy atom. The molecule has 4 atom stereocenters. The minimum absolute atomic E-state index is 0.0197. The van der Waals surface area contributed by atoms with Gasteiger partial charge in [-0.1, -0.05) is 93.5 Å². The second-order valence-electron chi connectivity index (χ2n) is 25.2. The lowest BCUT2D eigenvalue weighted by atomic mass is 9.52. The van der Waals surface area contributed by atoms with E-state index in [2.05, 4.69) is 48.5 Å². The molecule has 9 heteroatoms. The molecule has 6 fully saturated rings. The van der Waals surface area contributed by atoms with Gasteiger partial charge in [-0.2, -0.15) is 0 Å². The number of phenols is 2. The van der Waals surface area contributed by atoms with Crippen LogP contribution in [0.2, 0.25) is 0 Å². The zero-order chi connectivity index (χ0) is 54.3. The number of aliphatic hydroxyl groups is 1. The molecule has 0 saturated heterocycles. The van der Waals surface area contributed by atoms with Crippen LogP contribution >= 0.6 is 0 Å². The number of aromatic hydroxyl groups is 2. The summed E-state index contributed by atoms with van der Waals surface area (Å²) in [5.74, 6) is 3.29. The van der Waals surface area contributed by atoms with E-state index in [-0.39, 0.29) is 45.5 Å². The van der Waals surface area contributed by atoms with Gasteiger partial charge in [-0.15, -0.1) is 0 Å². The van der Waals surface area contributed by atoms with Crippen molar-refractivity contribution in [1.82, 2.24) is 0 Å². The van der Waals surface area contributed by atoms with E-state index < -0.39 is 11.0 Å². The summed E-state index contributed by atoms with van der Waals surface area (Å²) in [6, 6.07) is 14.9. The van der Waals surface area contributed by atoms with Gasteiger partial charge in [-0.3, -0.25) is 14.4 Å². The van der Waals surface area contributed by atoms with E-state index in [4.69, 9.17) is 24.4 Å². The highest BCUT2D eigenvalue weighted by Crippen LogP contribution is 2.59. The summed E-state index contributed by atoms with van der Waals surface area (Å²) in [7, 11) is 0. The van der Waals surface area contributed by atoms with Crippen LogP contribution in [0.25, 0.3) is 0 Å². The third kappa shape index (κ3) is 17.5. The van der Waals surface area contributed by atoms with Gasteiger partial charge in [0.2, 0.25) is 0 Å². The van der Waals surface area contributed by atoms with Gasteiger partial charge < -0.3 is 29.5 Å². The normalized spacial score (nSPS) is 24.4. The minimum Gasteiger partial charge on any atom is -0.508 e. The van der Waals surface area contributed by atoms with Crippen molar-refractivity contribution in [2.24, 2.45) is 34.0 Å². The SMILES string of the molecule is CCC(C)(C)C(=O)OC1(C(C)C)CCCC1.CCC(C)(C)C(=O)OC12CC3CC(CC(O)(C3)C1)C2.CCC(C)c1ccc(O)cc1.CCC(C)c1ccc(O)cc1.CCC1(OC(=O)C(C)(C)CC)CCCC1. The molecule has 410 valence electrons. The summed E-state index contributed by atoms with van der Waals surface area (Å²) in [5, 5.41) is 28.7. The lowest BCUT2D eigenvalue weighted by molar-refractivity contribution is -0.225. The van der Waals surface area contributed by atoms with Crippen LogP contribution < -0.4 is 0 Å². The zero-order valence-corrected chi connectivity index (χ0v) is 48.4. The first-order chi connectivity index (χ1) is 33.5. The molecule has 8 rings (SSSR count). The fourth-order valence-electron chi connectivity index (χ4n) is 11.1. The fourth-order valence-corrected chi connectivity index (χ4v) is 11.1. The van der Waals surface area contributed by atoms with Gasteiger partial charge in [0.1, 0.15) is 28.3 Å². The Hall–Kier alpha value is -3.59. The maximum atomic E-state index is 12.4. The Balaban J connectivity index is 0.000000242. The minimum atomic E-state index is -0.555. The van der Waals surface area contributed by atoms with E-state index in [1.165, 1.54) is 43.2 Å². The molecule has 72 heavy (non-hydrogen) atoms. The summed E-state index contributed by atoms with van der Waals surface area (Å²) in [6.45, 7) is 33.0. The van der Waals surface area contributed by atoms with Crippen molar-refractivity contribution in [3.05, 3.63) is 59.7 Å². The Bertz CT molecular complexity index is 1880. The first kappa shape index (κ1) is 62.7. The molecule has 4 bridgehead atoms. The highest BCUT2D eigenvalue weighted by molar-refractivity contribution is 5.77. The number of phenolic OH excluding ortho intramolecular Hbond substituents is 2. The van der Waals surface area contributed by atoms with Crippen molar-refractivity contribution in [3.8, 4) is 11.5 Å². The third-order valence-electron chi connectivity index (χ3n) is 18.0. The molecule has 2 aromatic rings. The molecule has 0 aliphatic heterocycles. The number of carbonyl (C=O) groups excluding carboxylic acids is 3. The predicted octanol–water partition coefficient (Wildman–Crippen LogP) is 16.5. The van der Waals surface area contributed by atoms with Crippen LogP contribution in [0.15, 0.2) is 48.5 Å². The molecule has 6 aliphatic carbocycles. The molecule has 0 heterocycles. The van der Waals surface area contributed by atoms with Crippen molar-refractivity contribution in [1.29, 1.82) is 0 Å². The maximum Gasteiger partial charge on any atom is 0.312 e. The molecule has 4 unspecified atom stereocenters. The number of esters is 3. The number of ether oxygens (including phenoxy) is 3. The van der Waals surface area contributed by atoms with Crippen LogP contribution in [0, 0.1) is 34.0 Å². The molecule has 0 spiro atoms. The number of rotatable bonds is 15. The van der Waals surface area contributed by atoms with Crippen molar-refractivity contribution in [3.63, 3.8) is 0 Å². The second-order valence-corrected chi connectivity index (χ2v) is 25.2. The smallest absolute Gasteiger partial charge is 0.312 e. The van der Waals surface area contributed by atoms with Crippen LogP contribution in [-0.4, -0.2) is 55.6 Å². The molecule has 3 N–H and O–H groups in total. The molecule has 6 aliphatic rings. The average Bonchev–Trinajstić information content (AvgIpc) is 4.02. The van der Waals surface area contributed by atoms with Crippen molar-refractivity contribution in [2.75, 3.05) is 0 Å². The van der Waals surface area contributed by atoms with Crippen molar-refractivity contribution < 1.29 is 43.9 Å². The van der Waals surface area contributed by atoms with Gasteiger partial charge >= 0.3 is 17.9 Å². The Morgan fingerprint density at radius 3 is 1.25 bits per heavy atom. The highest BCUT2D eigenvalue weighted by atomic mass is 16.6. The quantitative estimate of drug-likeness (QED) is 0.118. The van der Waals surface area contributed by atoms with Crippen molar-refractivity contribution in [2.45, 2.75) is 273 Å².